The normalized spacial score (nSPS) is 12.7. The minimum absolute atomic E-state index is 0.411. The van der Waals surface area contributed by atoms with Crippen molar-refractivity contribution in [2.45, 2.75) is 25.1 Å². The summed E-state index contributed by atoms with van der Waals surface area (Å²) in [5.74, 6) is 0.874. The Hall–Kier alpha value is -1.08. The number of nitrogens with one attached hydrogen (secondary N) is 1. The van der Waals surface area contributed by atoms with Gasteiger partial charge in [0.05, 0.1) is 16.6 Å². The number of anilines is 1. The molecule has 7 heteroatoms. The van der Waals surface area contributed by atoms with Gasteiger partial charge in [-0.1, -0.05) is 0 Å². The third-order valence-electron chi connectivity index (χ3n) is 3.32. The Morgan fingerprint density at radius 2 is 2.00 bits per heavy atom. The van der Waals surface area contributed by atoms with E-state index in [0.717, 1.165) is 11.6 Å². The first-order valence-electron chi connectivity index (χ1n) is 6.14. The highest BCUT2D eigenvalue weighted by atomic mass is 32.2. The lowest BCUT2D eigenvalue weighted by atomic mass is 10.2. The zero-order valence-corrected chi connectivity index (χ0v) is 13.4. The molecule has 1 rings (SSSR count). The van der Waals surface area contributed by atoms with Crippen molar-refractivity contribution in [1.82, 2.24) is 14.9 Å². The summed E-state index contributed by atoms with van der Waals surface area (Å²) in [6.45, 7) is 4.46. The molecule has 0 aromatic carbocycles. The lowest BCUT2D eigenvalue weighted by molar-refractivity contribution is 0.517. The summed E-state index contributed by atoms with van der Waals surface area (Å²) in [6, 6.07) is 0. The van der Waals surface area contributed by atoms with E-state index in [4.69, 9.17) is 0 Å². The van der Waals surface area contributed by atoms with E-state index in [-0.39, 0.29) is 0 Å². The van der Waals surface area contributed by atoms with Gasteiger partial charge in [0.1, 0.15) is 0 Å². The van der Waals surface area contributed by atoms with Crippen LogP contribution in [0.15, 0.2) is 6.20 Å². The highest BCUT2D eigenvalue weighted by Gasteiger charge is 2.29. The molecule has 0 spiro atoms. The second-order valence-electron chi connectivity index (χ2n) is 5.64. The largest absolute Gasteiger partial charge is 0.348 e. The SMILES string of the molecule is CN(C)c1ncc(CNCC(C)(C)S(C)(=O)=O)n1C. The molecule has 19 heavy (non-hydrogen) atoms. The molecule has 1 heterocycles. The molecule has 0 aliphatic rings. The molecule has 1 N–H and O–H groups in total. The highest BCUT2D eigenvalue weighted by Crippen LogP contribution is 2.14. The topological polar surface area (TPSA) is 67.2 Å². The Bertz CT molecular complexity index is 532. The van der Waals surface area contributed by atoms with Gasteiger partial charge in [-0.3, -0.25) is 0 Å². The van der Waals surface area contributed by atoms with Crippen LogP contribution < -0.4 is 10.2 Å². The third-order valence-corrected chi connectivity index (χ3v) is 5.47. The van der Waals surface area contributed by atoms with Gasteiger partial charge in [-0.25, -0.2) is 13.4 Å². The quantitative estimate of drug-likeness (QED) is 0.820. The molecule has 6 nitrogen and oxygen atoms in total. The minimum Gasteiger partial charge on any atom is -0.348 e. The van der Waals surface area contributed by atoms with Gasteiger partial charge in [0, 0.05) is 40.5 Å². The summed E-state index contributed by atoms with van der Waals surface area (Å²) in [7, 11) is 2.75. The first-order valence-corrected chi connectivity index (χ1v) is 8.03. The van der Waals surface area contributed by atoms with E-state index in [9.17, 15) is 8.42 Å². The van der Waals surface area contributed by atoms with Crippen LogP contribution in [0.1, 0.15) is 19.5 Å². The van der Waals surface area contributed by atoms with Crippen LogP contribution in [0.2, 0.25) is 0 Å². The second kappa shape index (κ2) is 5.50. The van der Waals surface area contributed by atoms with Crippen LogP contribution in [-0.2, 0) is 23.4 Å². The molecule has 0 atom stereocenters. The van der Waals surface area contributed by atoms with Crippen molar-refractivity contribution in [3.05, 3.63) is 11.9 Å². The van der Waals surface area contributed by atoms with Crippen molar-refractivity contribution in [3.8, 4) is 0 Å². The van der Waals surface area contributed by atoms with Gasteiger partial charge >= 0.3 is 0 Å². The molecule has 110 valence electrons. The molecule has 0 aliphatic heterocycles. The number of aromatic nitrogens is 2. The third kappa shape index (κ3) is 3.70. The van der Waals surface area contributed by atoms with Crippen molar-refractivity contribution in [2.75, 3.05) is 31.8 Å². The molecule has 0 radical (unpaired) electrons. The number of imidazole rings is 1. The first-order chi connectivity index (χ1) is 8.56. The lowest BCUT2D eigenvalue weighted by Gasteiger charge is -2.23. The molecule has 0 unspecified atom stereocenters. The molecule has 1 aromatic rings. The predicted octanol–water partition coefficient (Wildman–Crippen LogP) is 0.399. The molecule has 1 aromatic heterocycles. The zero-order valence-electron chi connectivity index (χ0n) is 12.6. The fourth-order valence-electron chi connectivity index (χ4n) is 1.64. The van der Waals surface area contributed by atoms with Crippen molar-refractivity contribution >= 4 is 15.8 Å². The summed E-state index contributed by atoms with van der Waals surface area (Å²) < 4.78 is 24.4. The average molecular weight is 288 g/mol. The first kappa shape index (κ1) is 16.0. The smallest absolute Gasteiger partial charge is 0.204 e. The van der Waals surface area contributed by atoms with Gasteiger partial charge in [0.15, 0.2) is 9.84 Å². The number of hydrogen-bond donors (Lipinski definition) is 1. The van der Waals surface area contributed by atoms with E-state index >= 15 is 0 Å². The minimum atomic E-state index is -3.07. The van der Waals surface area contributed by atoms with Gasteiger partial charge in [-0.15, -0.1) is 0 Å². The maximum absolute atomic E-state index is 11.6. The molecule has 0 fully saturated rings. The Labute approximate surface area is 115 Å². The van der Waals surface area contributed by atoms with Gasteiger partial charge in [0.2, 0.25) is 5.95 Å². The predicted molar refractivity (Wildman–Crippen MR) is 78.2 cm³/mol. The second-order valence-corrected chi connectivity index (χ2v) is 8.29. The van der Waals surface area contributed by atoms with Crippen LogP contribution in [0.5, 0.6) is 0 Å². The lowest BCUT2D eigenvalue weighted by Crippen LogP contribution is -2.41. The fraction of sp³-hybridized carbons (Fsp3) is 0.750. The number of sulfone groups is 1. The number of hydrogen-bond acceptors (Lipinski definition) is 5. The standard InChI is InChI=1S/C12H24N4O2S/c1-12(2,19(6,17)18)9-13-7-10-8-14-11(15(3)4)16(10)5/h8,13H,7,9H2,1-6H3. The average Bonchev–Trinajstić information content (AvgIpc) is 2.58. The molecular weight excluding hydrogens is 264 g/mol. The summed E-state index contributed by atoms with van der Waals surface area (Å²) in [5.41, 5.74) is 1.02. The molecule has 0 saturated carbocycles. The maximum atomic E-state index is 11.6. The van der Waals surface area contributed by atoms with Gasteiger partial charge in [0.25, 0.3) is 0 Å². The van der Waals surface area contributed by atoms with E-state index in [1.54, 1.807) is 20.0 Å². The molecule has 0 amide bonds. The van der Waals surface area contributed by atoms with Crippen LogP contribution in [0.3, 0.4) is 0 Å². The van der Waals surface area contributed by atoms with Crippen molar-refractivity contribution in [2.24, 2.45) is 7.05 Å². The molecule has 0 saturated heterocycles. The Balaban J connectivity index is 2.65. The number of rotatable bonds is 6. The van der Waals surface area contributed by atoms with Crippen LogP contribution in [-0.4, -0.2) is 49.6 Å². The summed E-state index contributed by atoms with van der Waals surface area (Å²) in [5, 5.41) is 3.18. The van der Waals surface area contributed by atoms with Gasteiger partial charge in [-0.2, -0.15) is 0 Å². The van der Waals surface area contributed by atoms with E-state index in [2.05, 4.69) is 10.3 Å². The van der Waals surface area contributed by atoms with Gasteiger partial charge in [-0.05, 0) is 13.8 Å². The van der Waals surface area contributed by atoms with Crippen LogP contribution >= 0.6 is 0 Å². The molecule has 0 bridgehead atoms. The van der Waals surface area contributed by atoms with E-state index in [1.165, 1.54) is 6.26 Å². The number of nitrogens with zero attached hydrogens (tertiary/aromatic N) is 3. The van der Waals surface area contributed by atoms with E-state index < -0.39 is 14.6 Å². The monoisotopic (exact) mass is 288 g/mol. The molecule has 0 aliphatic carbocycles. The van der Waals surface area contributed by atoms with Crippen LogP contribution in [0, 0.1) is 0 Å². The summed E-state index contributed by atoms with van der Waals surface area (Å²) in [6.07, 6.45) is 3.07. The van der Waals surface area contributed by atoms with E-state index in [1.807, 2.05) is 30.6 Å². The van der Waals surface area contributed by atoms with Gasteiger partial charge < -0.3 is 14.8 Å². The Kier molecular flexibility index (Phi) is 4.63. The van der Waals surface area contributed by atoms with Crippen molar-refractivity contribution in [1.29, 1.82) is 0 Å². The van der Waals surface area contributed by atoms with Crippen molar-refractivity contribution < 1.29 is 8.42 Å². The van der Waals surface area contributed by atoms with Crippen LogP contribution in [0.25, 0.3) is 0 Å². The fourth-order valence-corrected chi connectivity index (χ4v) is 2.00. The Morgan fingerprint density at radius 3 is 2.42 bits per heavy atom. The summed E-state index contributed by atoms with van der Waals surface area (Å²) >= 11 is 0. The van der Waals surface area contributed by atoms with Crippen LogP contribution in [0.4, 0.5) is 5.95 Å². The summed E-state index contributed by atoms with van der Waals surface area (Å²) in [4.78, 5) is 6.24. The maximum Gasteiger partial charge on any atom is 0.204 e. The van der Waals surface area contributed by atoms with E-state index in [0.29, 0.717) is 13.1 Å². The highest BCUT2D eigenvalue weighted by molar-refractivity contribution is 7.92. The zero-order chi connectivity index (χ0) is 14.8. The van der Waals surface area contributed by atoms with Crippen molar-refractivity contribution in [3.63, 3.8) is 0 Å². The molecular formula is C12H24N4O2S. The Morgan fingerprint density at radius 1 is 1.42 bits per heavy atom.